The lowest BCUT2D eigenvalue weighted by Gasteiger charge is -2.23. The molecule has 1 fully saturated rings. The number of carbonyl (C=O) groups excluding carboxylic acids is 1. The number of aromatic amines is 1. The summed E-state index contributed by atoms with van der Waals surface area (Å²) in [4.78, 5) is 17.3. The van der Waals surface area contributed by atoms with Crippen LogP contribution in [0, 0.1) is 0 Å². The average Bonchev–Trinajstić information content (AvgIpc) is 3.08. The van der Waals surface area contributed by atoms with Gasteiger partial charge in [0.25, 0.3) is 0 Å². The predicted octanol–water partition coefficient (Wildman–Crippen LogP) is 1.96. The smallest absolute Gasteiger partial charge is 0.227 e. The maximum atomic E-state index is 12.3. The van der Waals surface area contributed by atoms with Crippen LogP contribution in [-0.2, 0) is 16.0 Å². The van der Waals surface area contributed by atoms with E-state index in [1.54, 1.807) is 0 Å². The van der Waals surface area contributed by atoms with Gasteiger partial charge in [0, 0.05) is 30.8 Å². The van der Waals surface area contributed by atoms with Crippen molar-refractivity contribution < 1.29 is 9.53 Å². The minimum atomic E-state index is 0.153. The Hall–Kier alpha value is -1.81. The molecule has 1 aromatic carbocycles. The first-order valence-electron chi connectivity index (χ1n) is 6.64. The Morgan fingerprint density at radius 1 is 1.47 bits per heavy atom. The largest absolute Gasteiger partial charge is 0.379 e. The summed E-state index contributed by atoms with van der Waals surface area (Å²) in [5.41, 5.74) is 2.14. The summed E-state index contributed by atoms with van der Waals surface area (Å²) in [6, 6.07) is 8.30. The zero-order valence-corrected chi connectivity index (χ0v) is 11.1. The van der Waals surface area contributed by atoms with E-state index >= 15 is 0 Å². The molecule has 1 saturated heterocycles. The quantitative estimate of drug-likeness (QED) is 0.914. The molecule has 4 nitrogen and oxygen atoms in total. The second-order valence-corrected chi connectivity index (χ2v) is 5.06. The summed E-state index contributed by atoms with van der Waals surface area (Å²) >= 11 is 0. The van der Waals surface area contributed by atoms with E-state index in [4.69, 9.17) is 4.74 Å². The molecule has 0 radical (unpaired) electrons. The minimum Gasteiger partial charge on any atom is -0.379 e. The SMILES string of the molecule is CN(C(=O)Cc1c[nH]c2ccccc12)C1CCOC1. The van der Waals surface area contributed by atoms with Gasteiger partial charge >= 0.3 is 0 Å². The third kappa shape index (κ3) is 2.36. The number of hydrogen-bond donors (Lipinski definition) is 1. The molecule has 1 aliphatic heterocycles. The number of ether oxygens (including phenoxy) is 1. The third-order valence-electron chi connectivity index (χ3n) is 3.86. The third-order valence-corrected chi connectivity index (χ3v) is 3.86. The van der Waals surface area contributed by atoms with Crippen molar-refractivity contribution in [2.75, 3.05) is 20.3 Å². The molecule has 100 valence electrons. The fourth-order valence-electron chi connectivity index (χ4n) is 2.60. The molecule has 3 rings (SSSR count). The summed E-state index contributed by atoms with van der Waals surface area (Å²) in [5.74, 6) is 0.153. The molecule has 0 aliphatic carbocycles. The number of carbonyl (C=O) groups is 1. The maximum absolute atomic E-state index is 12.3. The highest BCUT2D eigenvalue weighted by atomic mass is 16.5. The van der Waals surface area contributed by atoms with Gasteiger partial charge in [0.1, 0.15) is 0 Å². The molecule has 2 aromatic rings. The summed E-state index contributed by atoms with van der Waals surface area (Å²) in [6.45, 7) is 1.42. The van der Waals surface area contributed by atoms with Gasteiger partial charge in [-0.05, 0) is 18.1 Å². The number of hydrogen-bond acceptors (Lipinski definition) is 2. The fraction of sp³-hybridized carbons (Fsp3) is 0.400. The van der Waals surface area contributed by atoms with E-state index in [0.29, 0.717) is 13.0 Å². The Labute approximate surface area is 112 Å². The number of aromatic nitrogens is 1. The molecule has 1 unspecified atom stereocenters. The average molecular weight is 258 g/mol. The van der Waals surface area contributed by atoms with Gasteiger partial charge in [-0.25, -0.2) is 0 Å². The molecule has 1 N–H and O–H groups in total. The van der Waals surface area contributed by atoms with Gasteiger partial charge in [-0.1, -0.05) is 18.2 Å². The molecule has 0 saturated carbocycles. The van der Waals surface area contributed by atoms with E-state index in [1.165, 1.54) is 0 Å². The molecule has 1 amide bonds. The van der Waals surface area contributed by atoms with E-state index in [9.17, 15) is 4.79 Å². The zero-order valence-electron chi connectivity index (χ0n) is 11.1. The number of para-hydroxylation sites is 1. The number of rotatable bonds is 3. The van der Waals surface area contributed by atoms with E-state index in [0.717, 1.165) is 29.5 Å². The van der Waals surface area contributed by atoms with Gasteiger partial charge in [0.05, 0.1) is 19.1 Å². The monoisotopic (exact) mass is 258 g/mol. The number of amides is 1. The van der Waals surface area contributed by atoms with Crippen LogP contribution in [0.4, 0.5) is 0 Å². The second-order valence-electron chi connectivity index (χ2n) is 5.06. The molecule has 1 aromatic heterocycles. The van der Waals surface area contributed by atoms with E-state index in [-0.39, 0.29) is 11.9 Å². The van der Waals surface area contributed by atoms with E-state index in [2.05, 4.69) is 4.98 Å². The Morgan fingerprint density at radius 3 is 3.11 bits per heavy atom. The Kier molecular flexibility index (Phi) is 3.25. The van der Waals surface area contributed by atoms with Crippen molar-refractivity contribution in [3.63, 3.8) is 0 Å². The van der Waals surface area contributed by atoms with Crippen LogP contribution in [0.1, 0.15) is 12.0 Å². The number of likely N-dealkylation sites (N-methyl/N-ethyl adjacent to an activating group) is 1. The number of H-pyrrole nitrogens is 1. The lowest BCUT2D eigenvalue weighted by atomic mass is 10.1. The molecule has 0 spiro atoms. The summed E-state index contributed by atoms with van der Waals surface area (Å²) in [5, 5.41) is 1.13. The molecule has 4 heteroatoms. The van der Waals surface area contributed by atoms with Crippen LogP contribution >= 0.6 is 0 Å². The Balaban J connectivity index is 1.75. The van der Waals surface area contributed by atoms with E-state index in [1.807, 2.05) is 42.4 Å². The Bertz CT molecular complexity index is 585. The second kappa shape index (κ2) is 5.05. The van der Waals surface area contributed by atoms with Crippen LogP contribution in [0.15, 0.2) is 30.5 Å². The van der Waals surface area contributed by atoms with Crippen LogP contribution in [0.25, 0.3) is 10.9 Å². The first-order valence-corrected chi connectivity index (χ1v) is 6.64. The lowest BCUT2D eigenvalue weighted by molar-refractivity contribution is -0.131. The minimum absolute atomic E-state index is 0.153. The number of benzene rings is 1. The van der Waals surface area contributed by atoms with Gasteiger partial charge in [0.15, 0.2) is 0 Å². The molecule has 0 bridgehead atoms. The molecule has 1 aliphatic rings. The van der Waals surface area contributed by atoms with Crippen LogP contribution in [0.2, 0.25) is 0 Å². The van der Waals surface area contributed by atoms with Crippen LogP contribution in [-0.4, -0.2) is 42.1 Å². The maximum Gasteiger partial charge on any atom is 0.227 e. The van der Waals surface area contributed by atoms with Crippen molar-refractivity contribution in [1.82, 2.24) is 9.88 Å². The van der Waals surface area contributed by atoms with Gasteiger partial charge < -0.3 is 14.6 Å². The standard InChI is InChI=1S/C15H18N2O2/c1-17(12-6-7-19-10-12)15(18)8-11-9-16-14-5-3-2-4-13(11)14/h2-5,9,12,16H,6-8,10H2,1H3. The van der Waals surface area contributed by atoms with Crippen molar-refractivity contribution >= 4 is 16.8 Å². The van der Waals surface area contributed by atoms with Crippen molar-refractivity contribution in [1.29, 1.82) is 0 Å². The predicted molar refractivity (Wildman–Crippen MR) is 74.0 cm³/mol. The first-order chi connectivity index (χ1) is 9.25. The van der Waals surface area contributed by atoms with Crippen molar-refractivity contribution in [3.8, 4) is 0 Å². The highest BCUT2D eigenvalue weighted by Crippen LogP contribution is 2.19. The van der Waals surface area contributed by atoms with Gasteiger partial charge in [-0.3, -0.25) is 4.79 Å². The van der Waals surface area contributed by atoms with Crippen molar-refractivity contribution in [2.45, 2.75) is 18.9 Å². The summed E-state index contributed by atoms with van der Waals surface area (Å²) < 4.78 is 5.33. The summed E-state index contributed by atoms with van der Waals surface area (Å²) in [7, 11) is 1.87. The number of nitrogens with zero attached hydrogens (tertiary/aromatic N) is 1. The molecule has 2 heterocycles. The van der Waals surface area contributed by atoms with Crippen molar-refractivity contribution in [2.24, 2.45) is 0 Å². The van der Waals surface area contributed by atoms with Gasteiger partial charge in [-0.2, -0.15) is 0 Å². The van der Waals surface area contributed by atoms with Crippen LogP contribution in [0.3, 0.4) is 0 Å². The molecule has 19 heavy (non-hydrogen) atoms. The molecular weight excluding hydrogens is 240 g/mol. The molecule has 1 atom stereocenters. The van der Waals surface area contributed by atoms with Gasteiger partial charge in [-0.15, -0.1) is 0 Å². The number of nitrogens with one attached hydrogen (secondary N) is 1. The van der Waals surface area contributed by atoms with Crippen LogP contribution < -0.4 is 0 Å². The highest BCUT2D eigenvalue weighted by Gasteiger charge is 2.24. The van der Waals surface area contributed by atoms with Gasteiger partial charge in [0.2, 0.25) is 5.91 Å². The summed E-state index contributed by atoms with van der Waals surface area (Å²) in [6.07, 6.45) is 3.31. The van der Waals surface area contributed by atoms with Crippen LogP contribution in [0.5, 0.6) is 0 Å². The number of fused-ring (bicyclic) bond motifs is 1. The fourth-order valence-corrected chi connectivity index (χ4v) is 2.60. The topological polar surface area (TPSA) is 45.3 Å². The Morgan fingerprint density at radius 2 is 2.32 bits per heavy atom. The zero-order chi connectivity index (χ0) is 13.2. The lowest BCUT2D eigenvalue weighted by Crippen LogP contribution is -2.38. The first kappa shape index (κ1) is 12.2. The van der Waals surface area contributed by atoms with E-state index < -0.39 is 0 Å². The highest BCUT2D eigenvalue weighted by molar-refractivity contribution is 5.88. The normalized spacial score (nSPS) is 18.9. The van der Waals surface area contributed by atoms with Crippen molar-refractivity contribution in [3.05, 3.63) is 36.0 Å². The molecular formula is C15H18N2O2.